The maximum atomic E-state index is 9.85. The van der Waals surface area contributed by atoms with Crippen molar-refractivity contribution in [2.45, 2.75) is 52.6 Å². The molecular weight excluding hydrogens is 148 g/mol. The molecule has 1 heteroatoms. The molecule has 0 aromatic rings. The third-order valence-corrected chi connectivity index (χ3v) is 4.95. The quantitative estimate of drug-likeness (QED) is 0.589. The number of hydrogen-bond acceptors (Lipinski definition) is 1. The Bertz CT molecular complexity index is 197. The molecule has 2 bridgehead atoms. The number of aliphatic hydroxyl groups excluding tert-OH is 1. The third kappa shape index (κ3) is 0.834. The zero-order valence-electron chi connectivity index (χ0n) is 8.43. The fourth-order valence-corrected chi connectivity index (χ4v) is 3.39. The standard InChI is InChI=1S/C11H20O/c1-10(2)8-4-6-11(10,3)7-5-9(8)12/h8-9,12H,4-7H2,1-3H3. The van der Waals surface area contributed by atoms with E-state index in [-0.39, 0.29) is 6.10 Å². The van der Waals surface area contributed by atoms with Crippen molar-refractivity contribution in [2.24, 2.45) is 16.7 Å². The minimum atomic E-state index is -0.0180. The minimum Gasteiger partial charge on any atom is -0.393 e. The van der Waals surface area contributed by atoms with Gasteiger partial charge in [-0.25, -0.2) is 0 Å². The normalized spacial score (nSPS) is 51.0. The maximum Gasteiger partial charge on any atom is 0.0573 e. The summed E-state index contributed by atoms with van der Waals surface area (Å²) in [6.45, 7) is 7.08. The van der Waals surface area contributed by atoms with Crippen LogP contribution in [-0.2, 0) is 0 Å². The molecule has 0 aromatic heterocycles. The molecule has 0 saturated heterocycles. The van der Waals surface area contributed by atoms with Gasteiger partial charge in [-0.1, -0.05) is 20.8 Å². The van der Waals surface area contributed by atoms with Gasteiger partial charge in [-0.15, -0.1) is 0 Å². The number of fused-ring (bicyclic) bond motifs is 2. The molecule has 3 atom stereocenters. The van der Waals surface area contributed by atoms with Gasteiger partial charge in [0.05, 0.1) is 6.10 Å². The predicted octanol–water partition coefficient (Wildman–Crippen LogP) is 2.58. The van der Waals surface area contributed by atoms with Crippen LogP contribution >= 0.6 is 0 Å². The molecule has 12 heavy (non-hydrogen) atoms. The van der Waals surface area contributed by atoms with Gasteiger partial charge in [-0.05, 0) is 42.4 Å². The molecule has 1 N–H and O–H groups in total. The number of rotatable bonds is 0. The van der Waals surface area contributed by atoms with Crippen LogP contribution in [0.4, 0.5) is 0 Å². The second kappa shape index (κ2) is 2.25. The lowest BCUT2D eigenvalue weighted by atomic mass is 9.58. The number of hydrogen-bond donors (Lipinski definition) is 1. The van der Waals surface area contributed by atoms with Crippen LogP contribution in [0.15, 0.2) is 0 Å². The average molecular weight is 168 g/mol. The molecule has 0 amide bonds. The summed E-state index contributed by atoms with van der Waals surface area (Å²) in [4.78, 5) is 0. The summed E-state index contributed by atoms with van der Waals surface area (Å²) in [5, 5.41) is 9.85. The van der Waals surface area contributed by atoms with Crippen molar-refractivity contribution < 1.29 is 5.11 Å². The second-order valence-corrected chi connectivity index (χ2v) is 5.53. The van der Waals surface area contributed by atoms with Gasteiger partial charge in [0.25, 0.3) is 0 Å². The van der Waals surface area contributed by atoms with Crippen LogP contribution in [0, 0.1) is 16.7 Å². The van der Waals surface area contributed by atoms with E-state index in [1.165, 1.54) is 19.3 Å². The van der Waals surface area contributed by atoms with Crippen molar-refractivity contribution in [2.75, 3.05) is 0 Å². The summed E-state index contributed by atoms with van der Waals surface area (Å²) in [5.41, 5.74) is 0.877. The summed E-state index contributed by atoms with van der Waals surface area (Å²) < 4.78 is 0. The van der Waals surface area contributed by atoms with Crippen molar-refractivity contribution in [3.63, 3.8) is 0 Å². The molecule has 0 heterocycles. The fourth-order valence-electron chi connectivity index (χ4n) is 3.39. The predicted molar refractivity (Wildman–Crippen MR) is 49.9 cm³/mol. The van der Waals surface area contributed by atoms with E-state index in [1.807, 2.05) is 0 Å². The molecule has 2 fully saturated rings. The fraction of sp³-hybridized carbons (Fsp3) is 1.00. The largest absolute Gasteiger partial charge is 0.393 e. The van der Waals surface area contributed by atoms with Crippen LogP contribution in [0.3, 0.4) is 0 Å². The number of aliphatic hydroxyl groups is 1. The van der Waals surface area contributed by atoms with Gasteiger partial charge in [0, 0.05) is 0 Å². The lowest BCUT2D eigenvalue weighted by Gasteiger charge is -2.48. The van der Waals surface area contributed by atoms with Gasteiger partial charge in [-0.2, -0.15) is 0 Å². The van der Waals surface area contributed by atoms with Crippen LogP contribution in [0.5, 0.6) is 0 Å². The summed E-state index contributed by atoms with van der Waals surface area (Å²) in [6, 6.07) is 0. The van der Waals surface area contributed by atoms with Crippen LogP contribution in [-0.4, -0.2) is 11.2 Å². The highest BCUT2D eigenvalue weighted by molar-refractivity contribution is 5.05. The van der Waals surface area contributed by atoms with Gasteiger partial charge in [-0.3, -0.25) is 0 Å². The molecule has 2 saturated carbocycles. The Labute approximate surface area is 75.2 Å². The molecule has 3 unspecified atom stereocenters. The summed E-state index contributed by atoms with van der Waals surface area (Å²) in [6.07, 6.45) is 4.80. The molecule has 0 aliphatic heterocycles. The second-order valence-electron chi connectivity index (χ2n) is 5.53. The third-order valence-electron chi connectivity index (χ3n) is 4.95. The van der Waals surface area contributed by atoms with Crippen LogP contribution < -0.4 is 0 Å². The minimum absolute atomic E-state index is 0.0180. The first-order valence-electron chi connectivity index (χ1n) is 5.15. The van der Waals surface area contributed by atoms with Crippen molar-refractivity contribution >= 4 is 0 Å². The Hall–Kier alpha value is -0.0400. The first-order chi connectivity index (χ1) is 5.47. The molecule has 1 nitrogen and oxygen atoms in total. The van der Waals surface area contributed by atoms with Crippen molar-refractivity contribution in [1.29, 1.82) is 0 Å². The molecule has 0 spiro atoms. The van der Waals surface area contributed by atoms with E-state index in [4.69, 9.17) is 0 Å². The van der Waals surface area contributed by atoms with E-state index in [0.717, 1.165) is 6.42 Å². The van der Waals surface area contributed by atoms with Crippen molar-refractivity contribution in [3.05, 3.63) is 0 Å². The van der Waals surface area contributed by atoms with Crippen LogP contribution in [0.2, 0.25) is 0 Å². The molecule has 2 rings (SSSR count). The molecule has 70 valence electrons. The highest BCUT2D eigenvalue weighted by Gasteiger charge is 2.56. The van der Waals surface area contributed by atoms with Crippen LogP contribution in [0.1, 0.15) is 46.5 Å². The van der Waals surface area contributed by atoms with Gasteiger partial charge in [0.2, 0.25) is 0 Å². The molecular formula is C11H20O. The first kappa shape index (κ1) is 8.55. The Morgan fingerprint density at radius 1 is 1.08 bits per heavy atom. The maximum absolute atomic E-state index is 9.85. The van der Waals surface area contributed by atoms with E-state index in [2.05, 4.69) is 20.8 Å². The summed E-state index contributed by atoms with van der Waals surface area (Å²) in [5.74, 6) is 0.566. The van der Waals surface area contributed by atoms with Crippen molar-refractivity contribution in [1.82, 2.24) is 0 Å². The monoisotopic (exact) mass is 168 g/mol. The highest BCUT2D eigenvalue weighted by atomic mass is 16.3. The summed E-state index contributed by atoms with van der Waals surface area (Å²) >= 11 is 0. The summed E-state index contributed by atoms with van der Waals surface area (Å²) in [7, 11) is 0. The van der Waals surface area contributed by atoms with E-state index in [9.17, 15) is 5.11 Å². The van der Waals surface area contributed by atoms with E-state index >= 15 is 0 Å². The van der Waals surface area contributed by atoms with E-state index in [1.54, 1.807) is 0 Å². The van der Waals surface area contributed by atoms with Gasteiger partial charge < -0.3 is 5.11 Å². The first-order valence-corrected chi connectivity index (χ1v) is 5.15. The smallest absolute Gasteiger partial charge is 0.0573 e. The van der Waals surface area contributed by atoms with Gasteiger partial charge in [0.15, 0.2) is 0 Å². The lowest BCUT2D eigenvalue weighted by Crippen LogP contribution is -2.43. The molecule has 0 aromatic carbocycles. The van der Waals surface area contributed by atoms with Crippen molar-refractivity contribution in [3.8, 4) is 0 Å². The zero-order valence-corrected chi connectivity index (χ0v) is 8.43. The average Bonchev–Trinajstić information content (AvgIpc) is 2.16. The molecule has 2 aliphatic carbocycles. The topological polar surface area (TPSA) is 20.2 Å². The lowest BCUT2D eigenvalue weighted by molar-refractivity contribution is -0.0478. The van der Waals surface area contributed by atoms with Gasteiger partial charge >= 0.3 is 0 Å². The van der Waals surface area contributed by atoms with E-state index in [0.29, 0.717) is 16.7 Å². The SMILES string of the molecule is CC12CCC(O)C(CC1)C2(C)C. The molecule has 2 aliphatic rings. The Morgan fingerprint density at radius 3 is 2.25 bits per heavy atom. The molecule has 0 radical (unpaired) electrons. The Kier molecular flexibility index (Phi) is 1.61. The highest BCUT2D eigenvalue weighted by Crippen LogP contribution is 2.62. The van der Waals surface area contributed by atoms with Gasteiger partial charge in [0.1, 0.15) is 0 Å². The zero-order chi connectivity index (χ0) is 8.98. The van der Waals surface area contributed by atoms with Crippen LogP contribution in [0.25, 0.3) is 0 Å². The van der Waals surface area contributed by atoms with E-state index < -0.39 is 0 Å². The Balaban J connectivity index is 2.34. The Morgan fingerprint density at radius 2 is 1.67 bits per heavy atom.